The van der Waals surface area contributed by atoms with Crippen LogP contribution in [0.25, 0.3) is 0 Å². The highest BCUT2D eigenvalue weighted by atomic mass is 35.5. The third-order valence-electron chi connectivity index (χ3n) is 5.48. The van der Waals surface area contributed by atoms with Crippen LogP contribution < -0.4 is 4.90 Å². The molecule has 3 amide bonds. The van der Waals surface area contributed by atoms with E-state index in [1.165, 1.54) is 18.2 Å². The summed E-state index contributed by atoms with van der Waals surface area (Å²) in [6.45, 7) is 1.17. The minimum Gasteiger partial charge on any atom is -0.480 e. The summed E-state index contributed by atoms with van der Waals surface area (Å²) in [5.74, 6) is -2.90. The van der Waals surface area contributed by atoms with Crippen LogP contribution in [0.2, 0.25) is 5.02 Å². The molecule has 0 aromatic heterocycles. The lowest BCUT2D eigenvalue weighted by atomic mass is 9.80. The average Bonchev–Trinajstić information content (AvgIpc) is 3.26. The van der Waals surface area contributed by atoms with Gasteiger partial charge in [0.15, 0.2) is 5.41 Å². The molecule has 1 atom stereocenters. The fourth-order valence-corrected chi connectivity index (χ4v) is 4.39. The largest absolute Gasteiger partial charge is 0.480 e. The van der Waals surface area contributed by atoms with Crippen molar-refractivity contribution < 1.29 is 24.3 Å². The number of halogens is 1. The van der Waals surface area contributed by atoms with Gasteiger partial charge in [0, 0.05) is 16.3 Å². The lowest BCUT2D eigenvalue weighted by molar-refractivity contribution is -0.144. The van der Waals surface area contributed by atoms with Crippen molar-refractivity contribution in [2.24, 2.45) is 0 Å². The van der Waals surface area contributed by atoms with E-state index < -0.39 is 35.7 Å². The minimum atomic E-state index is -1.72. The molecule has 142 valence electrons. The van der Waals surface area contributed by atoms with Gasteiger partial charge in [-0.2, -0.15) is 0 Å². The maximum absolute atomic E-state index is 13.3. The third kappa shape index (κ3) is 2.62. The van der Waals surface area contributed by atoms with Crippen molar-refractivity contribution in [3.8, 4) is 0 Å². The Labute approximate surface area is 160 Å². The number of likely N-dealkylation sites (tertiary alicyclic amines) is 2. The van der Waals surface area contributed by atoms with Gasteiger partial charge in [0.1, 0.15) is 6.54 Å². The number of anilines is 1. The zero-order valence-electron chi connectivity index (χ0n) is 14.5. The molecule has 4 rings (SSSR count). The lowest BCUT2D eigenvalue weighted by Crippen LogP contribution is -2.49. The third-order valence-corrected chi connectivity index (χ3v) is 5.72. The van der Waals surface area contributed by atoms with Crippen molar-refractivity contribution in [3.63, 3.8) is 0 Å². The number of hydrogen-bond acceptors (Lipinski definition) is 5. The molecule has 3 aliphatic rings. The number of benzene rings is 1. The van der Waals surface area contributed by atoms with E-state index in [2.05, 4.69) is 0 Å². The molecule has 1 aromatic carbocycles. The molecular weight excluding hydrogens is 374 g/mol. The Bertz CT molecular complexity index is 867. The maximum Gasteiger partial charge on any atom is 0.323 e. The lowest BCUT2D eigenvalue weighted by Gasteiger charge is -2.25. The molecule has 0 radical (unpaired) electrons. The Balaban J connectivity index is 1.76. The number of hydrogen-bond donors (Lipinski definition) is 1. The van der Waals surface area contributed by atoms with Crippen molar-refractivity contribution in [2.75, 3.05) is 31.2 Å². The smallest absolute Gasteiger partial charge is 0.323 e. The molecule has 1 spiro atoms. The van der Waals surface area contributed by atoms with Crippen molar-refractivity contribution in [2.45, 2.75) is 24.7 Å². The summed E-state index contributed by atoms with van der Waals surface area (Å²) in [6, 6.07) is 4.54. The standard InChI is InChI=1S/C18H18ClN3O5/c19-11-3-4-13-12(7-11)18(16(26)21(13)9-15(24)25)8-14(23)22(17(18)27)10-20-5-1-2-6-20/h3-4,7H,1-2,5-6,8-10H2,(H,24,25). The van der Waals surface area contributed by atoms with E-state index in [1.54, 1.807) is 0 Å². The molecule has 8 nitrogen and oxygen atoms in total. The van der Waals surface area contributed by atoms with Gasteiger partial charge >= 0.3 is 5.97 Å². The van der Waals surface area contributed by atoms with Gasteiger partial charge in [0.05, 0.1) is 13.1 Å². The molecule has 1 aromatic rings. The number of carboxylic acids is 1. The highest BCUT2D eigenvalue weighted by molar-refractivity contribution is 6.32. The minimum absolute atomic E-state index is 0.154. The Kier molecular flexibility index (Phi) is 4.20. The maximum atomic E-state index is 13.3. The van der Waals surface area contributed by atoms with Crippen LogP contribution >= 0.6 is 11.6 Å². The first-order valence-corrected chi connectivity index (χ1v) is 9.13. The quantitative estimate of drug-likeness (QED) is 0.602. The first kappa shape index (κ1) is 17.9. The van der Waals surface area contributed by atoms with E-state index in [4.69, 9.17) is 11.6 Å². The average molecular weight is 392 g/mol. The molecule has 0 saturated carbocycles. The van der Waals surface area contributed by atoms with Gasteiger partial charge in [-0.25, -0.2) is 0 Å². The van der Waals surface area contributed by atoms with Gasteiger partial charge < -0.3 is 5.11 Å². The summed E-state index contributed by atoms with van der Waals surface area (Å²) in [5, 5.41) is 9.49. The Morgan fingerprint density at radius 2 is 1.78 bits per heavy atom. The summed E-state index contributed by atoms with van der Waals surface area (Å²) in [5.41, 5.74) is -1.09. The van der Waals surface area contributed by atoms with E-state index in [0.717, 1.165) is 35.7 Å². The number of imide groups is 1. The number of carboxylic acid groups (broad SMARTS) is 1. The monoisotopic (exact) mass is 391 g/mol. The highest BCUT2D eigenvalue weighted by Gasteiger charge is 2.64. The number of nitrogens with zero attached hydrogens (tertiary/aromatic N) is 3. The second-order valence-electron chi connectivity index (χ2n) is 7.12. The molecule has 0 aliphatic carbocycles. The SMILES string of the molecule is O=C(O)CN1C(=O)C2(CC(=O)N(CN3CCCC3)C2=O)c2cc(Cl)ccc21. The molecule has 0 bridgehead atoms. The number of carbonyl (C=O) groups excluding carboxylic acids is 3. The van der Waals surface area contributed by atoms with Crippen LogP contribution in [0.3, 0.4) is 0 Å². The topological polar surface area (TPSA) is 98.2 Å². The molecular formula is C18H18ClN3O5. The molecule has 2 fully saturated rings. The molecule has 3 aliphatic heterocycles. The number of aliphatic carboxylic acids is 1. The predicted molar refractivity (Wildman–Crippen MR) is 95.3 cm³/mol. The van der Waals surface area contributed by atoms with Crippen molar-refractivity contribution in [1.82, 2.24) is 9.80 Å². The molecule has 1 N–H and O–H groups in total. The van der Waals surface area contributed by atoms with Crippen molar-refractivity contribution in [1.29, 1.82) is 0 Å². The number of fused-ring (bicyclic) bond motifs is 2. The summed E-state index contributed by atoms with van der Waals surface area (Å²) >= 11 is 6.08. The van der Waals surface area contributed by atoms with Crippen LogP contribution in [0.15, 0.2) is 18.2 Å². The van der Waals surface area contributed by atoms with Crippen LogP contribution in [0.5, 0.6) is 0 Å². The van der Waals surface area contributed by atoms with Crippen LogP contribution in [-0.4, -0.2) is 64.9 Å². The van der Waals surface area contributed by atoms with Crippen molar-refractivity contribution >= 4 is 41.0 Å². The van der Waals surface area contributed by atoms with E-state index in [-0.39, 0.29) is 13.1 Å². The van der Waals surface area contributed by atoms with Crippen LogP contribution in [0.1, 0.15) is 24.8 Å². The fraction of sp³-hybridized carbons (Fsp3) is 0.444. The van der Waals surface area contributed by atoms with Gasteiger partial charge in [-0.3, -0.25) is 33.9 Å². The van der Waals surface area contributed by atoms with Crippen molar-refractivity contribution in [3.05, 3.63) is 28.8 Å². The number of carbonyl (C=O) groups is 4. The molecule has 2 saturated heterocycles. The van der Waals surface area contributed by atoms with E-state index in [9.17, 15) is 24.3 Å². The Hall–Kier alpha value is -2.45. The molecule has 9 heteroatoms. The van der Waals surface area contributed by atoms with Crippen LogP contribution in [-0.2, 0) is 24.6 Å². The van der Waals surface area contributed by atoms with Gasteiger partial charge in [-0.1, -0.05) is 11.6 Å². The zero-order chi connectivity index (χ0) is 19.3. The Morgan fingerprint density at radius 3 is 2.44 bits per heavy atom. The molecule has 27 heavy (non-hydrogen) atoms. The van der Waals surface area contributed by atoms with Gasteiger partial charge in [-0.05, 0) is 44.1 Å². The normalized spacial score (nSPS) is 25.1. The highest BCUT2D eigenvalue weighted by Crippen LogP contribution is 2.49. The van der Waals surface area contributed by atoms with E-state index in [1.807, 2.05) is 4.90 Å². The number of rotatable bonds is 4. The second-order valence-corrected chi connectivity index (χ2v) is 7.56. The van der Waals surface area contributed by atoms with E-state index in [0.29, 0.717) is 16.3 Å². The van der Waals surface area contributed by atoms with E-state index >= 15 is 0 Å². The van der Waals surface area contributed by atoms with Gasteiger partial charge in [0.25, 0.3) is 5.91 Å². The first-order chi connectivity index (χ1) is 12.8. The van der Waals surface area contributed by atoms with Gasteiger partial charge in [-0.15, -0.1) is 0 Å². The summed E-state index contributed by atoms with van der Waals surface area (Å²) < 4.78 is 0. The summed E-state index contributed by atoms with van der Waals surface area (Å²) in [4.78, 5) is 54.5. The molecule has 3 heterocycles. The van der Waals surface area contributed by atoms with Gasteiger partial charge in [0.2, 0.25) is 11.8 Å². The van der Waals surface area contributed by atoms with Crippen LogP contribution in [0.4, 0.5) is 5.69 Å². The summed E-state index contributed by atoms with van der Waals surface area (Å²) in [7, 11) is 0. The zero-order valence-corrected chi connectivity index (χ0v) is 15.2. The number of amides is 3. The fourth-order valence-electron chi connectivity index (χ4n) is 4.22. The Morgan fingerprint density at radius 1 is 1.11 bits per heavy atom. The predicted octanol–water partition coefficient (Wildman–Crippen LogP) is 0.821. The summed E-state index contributed by atoms with van der Waals surface area (Å²) in [6.07, 6.45) is 1.71. The first-order valence-electron chi connectivity index (χ1n) is 8.75. The molecule has 1 unspecified atom stereocenters. The second kappa shape index (κ2) is 6.31. The van der Waals surface area contributed by atoms with Crippen LogP contribution in [0, 0.1) is 0 Å².